The molecule has 0 aliphatic carbocycles. The minimum Gasteiger partial charge on any atom is -0.458 e. The number of aromatic nitrogens is 3. The van der Waals surface area contributed by atoms with Crippen LogP contribution < -0.4 is 21.1 Å². The maximum absolute atomic E-state index is 6.71. The molecule has 8 aromatic carbocycles. The highest BCUT2D eigenvalue weighted by Gasteiger charge is 2.41. The van der Waals surface area contributed by atoms with Crippen LogP contribution in [0.1, 0.15) is 0 Å². The van der Waals surface area contributed by atoms with Gasteiger partial charge in [-0.3, -0.25) is 0 Å². The highest BCUT2D eigenvalue weighted by molar-refractivity contribution is 6.99. The van der Waals surface area contributed by atoms with E-state index in [9.17, 15) is 0 Å². The van der Waals surface area contributed by atoms with E-state index >= 15 is 0 Å². The molecule has 0 N–H and O–H groups in total. The van der Waals surface area contributed by atoms with E-state index < -0.39 is 0 Å². The van der Waals surface area contributed by atoms with Crippen LogP contribution >= 0.6 is 0 Å². The molecular formula is C48H28BN3O. The first kappa shape index (κ1) is 27.7. The van der Waals surface area contributed by atoms with E-state index in [-0.39, 0.29) is 6.71 Å². The van der Waals surface area contributed by atoms with E-state index in [1.807, 2.05) is 0 Å². The molecule has 0 fully saturated rings. The molecule has 4 nitrogen and oxygen atoms in total. The van der Waals surface area contributed by atoms with Gasteiger partial charge in [-0.25, -0.2) is 0 Å². The molecule has 0 spiro atoms. The van der Waals surface area contributed by atoms with Crippen molar-refractivity contribution >= 4 is 88.5 Å². The van der Waals surface area contributed by atoms with E-state index in [0.717, 1.165) is 22.9 Å². The molecule has 5 heteroatoms. The van der Waals surface area contributed by atoms with Gasteiger partial charge in [0, 0.05) is 54.9 Å². The molecule has 13 rings (SSSR count). The Morgan fingerprint density at radius 1 is 0.358 bits per heavy atom. The molecule has 5 heterocycles. The molecule has 2 aliphatic heterocycles. The second-order valence-corrected chi connectivity index (χ2v) is 14.4. The molecule has 0 bridgehead atoms. The Bertz CT molecular complexity index is 3370. The van der Waals surface area contributed by atoms with Gasteiger partial charge in [0.25, 0.3) is 6.71 Å². The third-order valence-corrected chi connectivity index (χ3v) is 11.8. The Kier molecular flexibility index (Phi) is 5.16. The summed E-state index contributed by atoms with van der Waals surface area (Å²) in [4.78, 5) is 0. The van der Waals surface area contributed by atoms with Gasteiger partial charge in [-0.15, -0.1) is 0 Å². The standard InChI is InChI=1S/C48H28BN3O/c1-3-15-29(16-4-1)50-37-25-11-8-20-32(37)42-46(50)41-31-19-7-10-24-36(31)51(30-17-5-2-6-18-30)47(41)43-33-21-13-23-35-45(33)52(48(42)43)38-26-14-28-40-44(38)49(35)34-22-9-12-27-39(34)53-40/h1-28H. The number of rotatable bonds is 2. The Morgan fingerprint density at radius 2 is 0.849 bits per heavy atom. The van der Waals surface area contributed by atoms with Crippen LogP contribution in [0.25, 0.3) is 82.5 Å². The molecule has 53 heavy (non-hydrogen) atoms. The summed E-state index contributed by atoms with van der Waals surface area (Å²) in [6.07, 6.45) is 0. The summed E-state index contributed by atoms with van der Waals surface area (Å²) in [5, 5.41) is 7.54. The summed E-state index contributed by atoms with van der Waals surface area (Å²) in [7, 11) is 0. The average molecular weight is 674 g/mol. The molecule has 244 valence electrons. The molecule has 0 saturated carbocycles. The lowest BCUT2D eigenvalue weighted by molar-refractivity contribution is 0.487. The summed E-state index contributed by atoms with van der Waals surface area (Å²) in [6.45, 7) is 0.0586. The van der Waals surface area contributed by atoms with Crippen LogP contribution in [0.3, 0.4) is 0 Å². The first-order valence-electron chi connectivity index (χ1n) is 18.3. The number of hydrogen-bond donors (Lipinski definition) is 0. The van der Waals surface area contributed by atoms with Crippen LogP contribution in [0, 0.1) is 0 Å². The van der Waals surface area contributed by atoms with E-state index in [2.05, 4.69) is 184 Å². The fourth-order valence-corrected chi connectivity index (χ4v) is 9.95. The van der Waals surface area contributed by atoms with Gasteiger partial charge in [0.1, 0.15) is 11.5 Å². The first-order chi connectivity index (χ1) is 26.4. The van der Waals surface area contributed by atoms with Crippen molar-refractivity contribution in [3.8, 4) is 28.6 Å². The van der Waals surface area contributed by atoms with Gasteiger partial charge in [-0.05, 0) is 71.0 Å². The van der Waals surface area contributed by atoms with Gasteiger partial charge in [0.2, 0.25) is 0 Å². The van der Waals surface area contributed by atoms with Gasteiger partial charge in [-0.1, -0.05) is 115 Å². The Balaban J connectivity index is 1.38. The van der Waals surface area contributed by atoms with Crippen molar-refractivity contribution < 1.29 is 4.74 Å². The van der Waals surface area contributed by atoms with Gasteiger partial charge < -0.3 is 18.4 Å². The highest BCUT2D eigenvalue weighted by atomic mass is 16.5. The second kappa shape index (κ2) is 9.87. The smallest absolute Gasteiger partial charge is 0.256 e. The Labute approximate surface area is 304 Å². The van der Waals surface area contributed by atoms with E-state index in [4.69, 9.17) is 4.74 Å². The van der Waals surface area contributed by atoms with Crippen LogP contribution in [-0.4, -0.2) is 20.4 Å². The summed E-state index contributed by atoms with van der Waals surface area (Å²) >= 11 is 0. The fraction of sp³-hybridized carbons (Fsp3) is 0. The number of para-hydroxylation sites is 6. The lowest BCUT2D eigenvalue weighted by Crippen LogP contribution is -2.58. The molecule has 2 aliphatic rings. The molecule has 0 amide bonds. The van der Waals surface area contributed by atoms with Gasteiger partial charge >= 0.3 is 0 Å². The van der Waals surface area contributed by atoms with Crippen molar-refractivity contribution in [2.75, 3.05) is 0 Å². The number of benzene rings is 8. The number of fused-ring (bicyclic) bond motifs is 16. The molecular weight excluding hydrogens is 645 g/mol. The minimum absolute atomic E-state index is 0.0586. The zero-order valence-electron chi connectivity index (χ0n) is 28.5. The van der Waals surface area contributed by atoms with Gasteiger partial charge in [0.05, 0.1) is 27.6 Å². The average Bonchev–Trinajstić information content (AvgIpc) is 3.87. The van der Waals surface area contributed by atoms with Crippen molar-refractivity contribution in [1.82, 2.24) is 13.7 Å². The third kappa shape index (κ3) is 3.34. The minimum atomic E-state index is 0.0586. The molecule has 11 aromatic rings. The number of hydrogen-bond acceptors (Lipinski definition) is 1. The molecule has 0 radical (unpaired) electrons. The monoisotopic (exact) mass is 673 g/mol. The summed E-state index contributed by atoms with van der Waals surface area (Å²) in [6, 6.07) is 61.8. The molecule has 0 atom stereocenters. The summed E-state index contributed by atoms with van der Waals surface area (Å²) in [5.41, 5.74) is 14.6. The van der Waals surface area contributed by atoms with Crippen LogP contribution in [0.2, 0.25) is 0 Å². The fourth-order valence-electron chi connectivity index (χ4n) is 9.95. The van der Waals surface area contributed by atoms with Gasteiger partial charge in [-0.2, -0.15) is 0 Å². The van der Waals surface area contributed by atoms with Gasteiger partial charge in [0.15, 0.2) is 0 Å². The van der Waals surface area contributed by atoms with E-state index in [1.54, 1.807) is 0 Å². The van der Waals surface area contributed by atoms with Crippen LogP contribution in [0.15, 0.2) is 170 Å². The molecule has 0 unspecified atom stereocenters. The van der Waals surface area contributed by atoms with Crippen molar-refractivity contribution in [1.29, 1.82) is 0 Å². The summed E-state index contributed by atoms with van der Waals surface area (Å²) < 4.78 is 14.3. The topological polar surface area (TPSA) is 24.0 Å². The zero-order valence-corrected chi connectivity index (χ0v) is 28.5. The van der Waals surface area contributed by atoms with E-state index in [1.165, 1.54) is 87.5 Å². The predicted octanol–water partition coefficient (Wildman–Crippen LogP) is 9.91. The molecule has 0 saturated heterocycles. The quantitative estimate of drug-likeness (QED) is 0.168. The van der Waals surface area contributed by atoms with Crippen LogP contribution in [0.5, 0.6) is 11.5 Å². The second-order valence-electron chi connectivity index (χ2n) is 14.4. The maximum Gasteiger partial charge on any atom is 0.256 e. The Morgan fingerprint density at radius 3 is 1.53 bits per heavy atom. The zero-order chi connectivity index (χ0) is 34.4. The van der Waals surface area contributed by atoms with Crippen molar-refractivity contribution in [3.63, 3.8) is 0 Å². The lowest BCUT2D eigenvalue weighted by atomic mass is 9.34. The maximum atomic E-state index is 6.71. The SMILES string of the molecule is c1ccc(-n2c3ccccc3c3c2c2c4cccc5c4n(c2c2c4ccccc4n(-c4ccccc4)c32)-c2cccc3c2B5c2ccccc2O3)cc1. The third-order valence-electron chi connectivity index (χ3n) is 11.8. The molecule has 3 aromatic heterocycles. The Hall–Kier alpha value is -6.98. The predicted molar refractivity (Wildman–Crippen MR) is 221 cm³/mol. The largest absolute Gasteiger partial charge is 0.458 e. The first-order valence-corrected chi connectivity index (χ1v) is 18.3. The summed E-state index contributed by atoms with van der Waals surface area (Å²) in [5.74, 6) is 1.86. The van der Waals surface area contributed by atoms with Crippen LogP contribution in [0.4, 0.5) is 0 Å². The number of nitrogens with zero attached hydrogens (tertiary/aromatic N) is 3. The lowest BCUT2D eigenvalue weighted by Gasteiger charge is -2.33. The highest BCUT2D eigenvalue weighted by Crippen LogP contribution is 2.50. The van der Waals surface area contributed by atoms with Crippen LogP contribution in [-0.2, 0) is 0 Å². The van der Waals surface area contributed by atoms with Crippen molar-refractivity contribution in [2.24, 2.45) is 0 Å². The normalized spacial score (nSPS) is 13.0. The van der Waals surface area contributed by atoms with Crippen molar-refractivity contribution in [3.05, 3.63) is 170 Å². The number of ether oxygens (including phenoxy) is 1. The van der Waals surface area contributed by atoms with E-state index in [0.29, 0.717) is 0 Å². The van der Waals surface area contributed by atoms with Crippen molar-refractivity contribution in [2.45, 2.75) is 0 Å².